The molecule has 0 aromatic heterocycles. The molecule has 122 valence electrons. The Kier molecular flexibility index (Phi) is 5.08. The van der Waals surface area contributed by atoms with Crippen LogP contribution in [-0.4, -0.2) is 32.5 Å². The van der Waals surface area contributed by atoms with Crippen molar-refractivity contribution in [3.8, 4) is 0 Å². The minimum atomic E-state index is -0.512. The van der Waals surface area contributed by atoms with Crippen molar-refractivity contribution < 1.29 is 18.7 Å². The molecule has 0 spiro atoms. The monoisotopic (exact) mass is 309 g/mol. The summed E-state index contributed by atoms with van der Waals surface area (Å²) in [5, 5.41) is 0. The van der Waals surface area contributed by atoms with Crippen LogP contribution >= 0.6 is 0 Å². The Morgan fingerprint density at radius 2 is 2.23 bits per heavy atom. The van der Waals surface area contributed by atoms with Crippen molar-refractivity contribution in [2.45, 2.75) is 37.8 Å². The van der Waals surface area contributed by atoms with Gasteiger partial charge >= 0.3 is 0 Å². The lowest BCUT2D eigenvalue weighted by molar-refractivity contribution is -0.0914. The van der Waals surface area contributed by atoms with Gasteiger partial charge in [0.15, 0.2) is 0 Å². The summed E-state index contributed by atoms with van der Waals surface area (Å²) in [5.74, 6) is -0.0747. The Morgan fingerprint density at radius 3 is 3.05 bits per heavy atom. The normalized spacial score (nSPS) is 31.2. The average molecular weight is 309 g/mol. The molecular formula is C17H24FNO3. The molecule has 4 nitrogen and oxygen atoms in total. The van der Waals surface area contributed by atoms with Crippen LogP contribution in [0.15, 0.2) is 24.3 Å². The van der Waals surface area contributed by atoms with E-state index in [1.54, 1.807) is 6.07 Å². The highest BCUT2D eigenvalue weighted by Gasteiger charge is 2.51. The van der Waals surface area contributed by atoms with Crippen LogP contribution in [0.2, 0.25) is 0 Å². The molecule has 0 unspecified atom stereocenters. The Morgan fingerprint density at radius 1 is 1.36 bits per heavy atom. The van der Waals surface area contributed by atoms with E-state index in [4.69, 9.17) is 14.3 Å². The van der Waals surface area contributed by atoms with E-state index in [0.717, 1.165) is 19.4 Å². The van der Waals surface area contributed by atoms with Gasteiger partial charge in [-0.1, -0.05) is 31.5 Å². The first-order chi connectivity index (χ1) is 10.8. The summed E-state index contributed by atoms with van der Waals surface area (Å²) in [6.07, 6.45) is 2.78. The van der Waals surface area contributed by atoms with Gasteiger partial charge in [-0.05, 0) is 12.5 Å². The maximum absolute atomic E-state index is 14.3. The van der Waals surface area contributed by atoms with Crippen molar-refractivity contribution in [1.82, 2.24) is 5.48 Å². The first-order valence-corrected chi connectivity index (χ1v) is 8.09. The number of fused-ring (bicyclic) bond motifs is 1. The van der Waals surface area contributed by atoms with Crippen LogP contribution in [-0.2, 0) is 19.9 Å². The highest BCUT2D eigenvalue weighted by atomic mass is 19.1. The zero-order chi connectivity index (χ0) is 15.4. The molecule has 0 saturated carbocycles. The van der Waals surface area contributed by atoms with Crippen molar-refractivity contribution in [1.29, 1.82) is 0 Å². The molecule has 5 heteroatoms. The highest BCUT2D eigenvalue weighted by Crippen LogP contribution is 2.43. The molecule has 0 bridgehead atoms. The van der Waals surface area contributed by atoms with Gasteiger partial charge in [0.25, 0.3) is 0 Å². The van der Waals surface area contributed by atoms with Crippen LogP contribution in [0, 0.1) is 11.7 Å². The van der Waals surface area contributed by atoms with E-state index in [0.29, 0.717) is 31.8 Å². The number of hydroxylamine groups is 1. The number of nitrogens with one attached hydrogen (secondary N) is 1. The number of unbranched alkanes of at least 4 members (excludes halogenated alkanes) is 1. The molecule has 0 radical (unpaired) electrons. The summed E-state index contributed by atoms with van der Waals surface area (Å²) in [6, 6.07) is 6.92. The van der Waals surface area contributed by atoms with Crippen LogP contribution in [0.3, 0.4) is 0 Å². The number of hydrogen-bond donors (Lipinski definition) is 1. The zero-order valence-corrected chi connectivity index (χ0v) is 13.0. The fraction of sp³-hybridized carbons (Fsp3) is 0.647. The van der Waals surface area contributed by atoms with E-state index in [2.05, 4.69) is 12.4 Å². The standard InChI is InChI=1S/C17H24FNO3/c1-2-3-8-20-12-14-9-17(13(10-21-14)11-22-19-17)15-6-4-5-7-16(15)18/h4-7,13-14,19H,2-3,8-12H2,1H3/t13-,14+,17-/m0/s1. The number of hydrogen-bond acceptors (Lipinski definition) is 4. The quantitative estimate of drug-likeness (QED) is 0.820. The summed E-state index contributed by atoms with van der Waals surface area (Å²) >= 11 is 0. The van der Waals surface area contributed by atoms with Crippen molar-refractivity contribution in [2.24, 2.45) is 5.92 Å². The third kappa shape index (κ3) is 3.04. The first-order valence-electron chi connectivity index (χ1n) is 8.09. The predicted octanol–water partition coefficient (Wildman–Crippen LogP) is 2.78. The van der Waals surface area contributed by atoms with E-state index in [-0.39, 0.29) is 17.8 Å². The van der Waals surface area contributed by atoms with Gasteiger partial charge in [-0.15, -0.1) is 0 Å². The Labute approximate surface area is 130 Å². The summed E-state index contributed by atoms with van der Waals surface area (Å²) < 4.78 is 25.9. The molecule has 2 aliphatic rings. The van der Waals surface area contributed by atoms with Crippen molar-refractivity contribution in [3.63, 3.8) is 0 Å². The van der Waals surface area contributed by atoms with Gasteiger partial charge in [0.2, 0.25) is 0 Å². The Hall–Kier alpha value is -1.01. The third-order valence-corrected chi connectivity index (χ3v) is 4.62. The predicted molar refractivity (Wildman–Crippen MR) is 80.7 cm³/mol. The lowest BCUT2D eigenvalue weighted by Crippen LogP contribution is -2.52. The number of rotatable bonds is 6. The molecule has 2 aliphatic heterocycles. The minimum Gasteiger partial charge on any atom is -0.379 e. The second-order valence-electron chi connectivity index (χ2n) is 6.15. The molecule has 3 atom stereocenters. The van der Waals surface area contributed by atoms with Gasteiger partial charge in [0.1, 0.15) is 5.82 Å². The summed E-state index contributed by atoms with van der Waals surface area (Å²) in [7, 11) is 0. The summed E-state index contributed by atoms with van der Waals surface area (Å²) in [5.41, 5.74) is 3.24. The van der Waals surface area contributed by atoms with E-state index >= 15 is 0 Å². The molecule has 22 heavy (non-hydrogen) atoms. The third-order valence-electron chi connectivity index (χ3n) is 4.62. The van der Waals surface area contributed by atoms with Crippen LogP contribution in [0.5, 0.6) is 0 Å². The Balaban J connectivity index is 1.74. The smallest absolute Gasteiger partial charge is 0.128 e. The molecule has 1 aromatic rings. The molecule has 2 saturated heterocycles. The topological polar surface area (TPSA) is 39.7 Å². The van der Waals surface area contributed by atoms with Gasteiger partial charge in [0.05, 0.1) is 31.5 Å². The average Bonchev–Trinajstić information content (AvgIpc) is 2.96. The fourth-order valence-electron chi connectivity index (χ4n) is 3.34. The molecule has 1 aromatic carbocycles. The van der Waals surface area contributed by atoms with E-state index in [9.17, 15) is 4.39 Å². The number of halogens is 1. The van der Waals surface area contributed by atoms with Gasteiger partial charge < -0.3 is 14.3 Å². The van der Waals surface area contributed by atoms with Crippen LogP contribution in [0.1, 0.15) is 31.7 Å². The van der Waals surface area contributed by atoms with E-state index < -0.39 is 5.54 Å². The summed E-state index contributed by atoms with van der Waals surface area (Å²) in [6.45, 7) is 4.53. The lowest BCUT2D eigenvalue weighted by atomic mass is 9.74. The second kappa shape index (κ2) is 7.04. The first kappa shape index (κ1) is 15.9. The molecule has 2 fully saturated rings. The minimum absolute atomic E-state index is 0.0399. The number of benzene rings is 1. The molecule has 1 N–H and O–H groups in total. The van der Waals surface area contributed by atoms with Gasteiger partial charge in [-0.25, -0.2) is 4.39 Å². The number of ether oxygens (including phenoxy) is 2. The lowest BCUT2D eigenvalue weighted by Gasteiger charge is -2.41. The molecule has 0 amide bonds. The maximum Gasteiger partial charge on any atom is 0.128 e. The molecule has 0 aliphatic carbocycles. The van der Waals surface area contributed by atoms with Gasteiger partial charge in [-0.3, -0.25) is 0 Å². The van der Waals surface area contributed by atoms with E-state index in [1.807, 2.05) is 12.1 Å². The SMILES string of the molecule is CCCCOC[C@H]1C[C@]2(c3ccccc3F)NOC[C@@H]2CO1. The Bertz CT molecular complexity index is 499. The highest BCUT2D eigenvalue weighted by molar-refractivity contribution is 5.29. The van der Waals surface area contributed by atoms with Crippen molar-refractivity contribution in [2.75, 3.05) is 26.4 Å². The molecule has 2 heterocycles. The second-order valence-corrected chi connectivity index (χ2v) is 6.15. The van der Waals surface area contributed by atoms with E-state index in [1.165, 1.54) is 6.07 Å². The van der Waals surface area contributed by atoms with Crippen LogP contribution in [0.25, 0.3) is 0 Å². The van der Waals surface area contributed by atoms with Gasteiger partial charge in [0, 0.05) is 24.5 Å². The molecular weight excluding hydrogens is 285 g/mol. The van der Waals surface area contributed by atoms with Crippen LogP contribution in [0.4, 0.5) is 4.39 Å². The van der Waals surface area contributed by atoms with Crippen LogP contribution < -0.4 is 5.48 Å². The van der Waals surface area contributed by atoms with Gasteiger partial charge in [-0.2, -0.15) is 5.48 Å². The summed E-state index contributed by atoms with van der Waals surface area (Å²) in [4.78, 5) is 5.46. The van der Waals surface area contributed by atoms with Crippen molar-refractivity contribution in [3.05, 3.63) is 35.6 Å². The molecule has 3 rings (SSSR count). The fourth-order valence-corrected chi connectivity index (χ4v) is 3.34. The largest absolute Gasteiger partial charge is 0.379 e. The van der Waals surface area contributed by atoms with Crippen molar-refractivity contribution >= 4 is 0 Å². The maximum atomic E-state index is 14.3. The zero-order valence-electron chi connectivity index (χ0n) is 13.0.